The third-order valence-electron chi connectivity index (χ3n) is 4.00. The predicted octanol–water partition coefficient (Wildman–Crippen LogP) is 3.07. The third kappa shape index (κ3) is 2.60. The van der Waals surface area contributed by atoms with E-state index in [1.54, 1.807) is 13.1 Å². The van der Waals surface area contributed by atoms with Crippen LogP contribution in [0.25, 0.3) is 0 Å². The number of carbonyl (C=O) groups is 2. The third-order valence-corrected chi connectivity index (χ3v) is 4.00. The summed E-state index contributed by atoms with van der Waals surface area (Å²) >= 11 is 0. The van der Waals surface area contributed by atoms with Crippen molar-refractivity contribution in [1.29, 1.82) is 0 Å². The molecular weight excluding hydrogens is 278 g/mol. The van der Waals surface area contributed by atoms with Crippen molar-refractivity contribution in [2.24, 2.45) is 0 Å². The van der Waals surface area contributed by atoms with E-state index in [-0.39, 0.29) is 11.8 Å². The second-order valence-electron chi connectivity index (χ2n) is 5.37. The van der Waals surface area contributed by atoms with Gasteiger partial charge >= 0.3 is 0 Å². The Kier molecular flexibility index (Phi) is 3.92. The van der Waals surface area contributed by atoms with Gasteiger partial charge in [-0.05, 0) is 29.7 Å². The lowest BCUT2D eigenvalue weighted by Crippen LogP contribution is -2.21. The smallest absolute Gasteiger partial charge is 0.220 e. The van der Waals surface area contributed by atoms with Gasteiger partial charge in [-0.2, -0.15) is 0 Å². The molecule has 0 fully saturated rings. The number of para-hydroxylation sites is 2. The van der Waals surface area contributed by atoms with E-state index in [0.717, 1.165) is 17.4 Å². The van der Waals surface area contributed by atoms with Crippen LogP contribution in [0.3, 0.4) is 0 Å². The zero-order valence-electron chi connectivity index (χ0n) is 12.3. The van der Waals surface area contributed by atoms with Crippen molar-refractivity contribution in [2.45, 2.75) is 18.8 Å². The van der Waals surface area contributed by atoms with Gasteiger partial charge in [0, 0.05) is 19.4 Å². The number of benzene rings is 2. The van der Waals surface area contributed by atoms with Crippen molar-refractivity contribution < 1.29 is 14.3 Å². The van der Waals surface area contributed by atoms with Gasteiger partial charge < -0.3 is 10.1 Å². The van der Waals surface area contributed by atoms with E-state index in [4.69, 9.17) is 4.74 Å². The fourth-order valence-corrected chi connectivity index (χ4v) is 2.89. The van der Waals surface area contributed by atoms with Crippen LogP contribution in [0.5, 0.6) is 11.5 Å². The topological polar surface area (TPSA) is 55.4 Å². The van der Waals surface area contributed by atoms with Gasteiger partial charge in [0.2, 0.25) is 5.91 Å². The van der Waals surface area contributed by atoms with Gasteiger partial charge in [0.1, 0.15) is 11.5 Å². The molecule has 0 radical (unpaired) electrons. The minimum atomic E-state index is -0.00482. The van der Waals surface area contributed by atoms with Crippen LogP contribution in [0.4, 0.5) is 0 Å². The number of fused-ring (bicyclic) bond motifs is 2. The van der Waals surface area contributed by atoms with Crippen molar-refractivity contribution in [2.75, 3.05) is 7.05 Å². The highest BCUT2D eigenvalue weighted by atomic mass is 16.5. The highest BCUT2D eigenvalue weighted by molar-refractivity contribution is 5.81. The van der Waals surface area contributed by atoms with Crippen molar-refractivity contribution in [3.8, 4) is 11.5 Å². The van der Waals surface area contributed by atoms with Gasteiger partial charge in [-0.3, -0.25) is 9.59 Å². The zero-order chi connectivity index (χ0) is 15.5. The summed E-state index contributed by atoms with van der Waals surface area (Å²) < 4.78 is 6.01. The zero-order valence-corrected chi connectivity index (χ0v) is 12.3. The Bertz CT molecular complexity index is 724. The highest BCUT2D eigenvalue weighted by Crippen LogP contribution is 2.41. The molecule has 22 heavy (non-hydrogen) atoms. The van der Waals surface area contributed by atoms with Gasteiger partial charge in [0.25, 0.3) is 0 Å². The molecule has 1 aliphatic heterocycles. The first-order valence-corrected chi connectivity index (χ1v) is 7.27. The largest absolute Gasteiger partial charge is 0.456 e. The lowest BCUT2D eigenvalue weighted by atomic mass is 9.88. The predicted molar refractivity (Wildman–Crippen MR) is 83.5 cm³/mol. The van der Waals surface area contributed by atoms with Crippen molar-refractivity contribution in [3.63, 3.8) is 0 Å². The summed E-state index contributed by atoms with van der Waals surface area (Å²) in [4.78, 5) is 23.1. The summed E-state index contributed by atoms with van der Waals surface area (Å²) in [7, 11) is 1.64. The highest BCUT2D eigenvalue weighted by Gasteiger charge is 2.26. The lowest BCUT2D eigenvalue weighted by Gasteiger charge is -2.15. The number of ether oxygens (including phenoxy) is 1. The van der Waals surface area contributed by atoms with Crippen LogP contribution in [-0.4, -0.2) is 19.2 Å². The van der Waals surface area contributed by atoms with Gasteiger partial charge in [0.15, 0.2) is 6.29 Å². The molecule has 0 bridgehead atoms. The first kappa shape index (κ1) is 14.3. The van der Waals surface area contributed by atoms with E-state index in [2.05, 4.69) is 5.32 Å². The second-order valence-corrected chi connectivity index (χ2v) is 5.37. The maximum Gasteiger partial charge on any atom is 0.220 e. The minimum Gasteiger partial charge on any atom is -0.456 e. The quantitative estimate of drug-likeness (QED) is 0.885. The fraction of sp³-hybridized carbons (Fsp3) is 0.222. The van der Waals surface area contributed by atoms with Crippen LogP contribution in [-0.2, 0) is 11.2 Å². The molecule has 1 unspecified atom stereocenters. The number of nitrogens with one attached hydrogen (secondary N) is 1. The molecule has 2 aromatic carbocycles. The summed E-state index contributed by atoms with van der Waals surface area (Å²) in [6.45, 7) is 0. The Balaban J connectivity index is 2.09. The molecule has 4 nitrogen and oxygen atoms in total. The molecular formula is C18H17NO3. The van der Waals surface area contributed by atoms with Crippen LogP contribution in [0.15, 0.2) is 42.5 Å². The molecule has 0 spiro atoms. The Morgan fingerprint density at radius 2 is 2.09 bits per heavy atom. The molecule has 0 saturated heterocycles. The summed E-state index contributed by atoms with van der Waals surface area (Å²) in [5.74, 6) is 1.34. The maximum absolute atomic E-state index is 11.8. The molecule has 1 atom stereocenters. The van der Waals surface area contributed by atoms with E-state index < -0.39 is 0 Å². The van der Waals surface area contributed by atoms with Gasteiger partial charge in [-0.25, -0.2) is 0 Å². The van der Waals surface area contributed by atoms with Gasteiger partial charge in [-0.15, -0.1) is 0 Å². The van der Waals surface area contributed by atoms with Crippen LogP contribution >= 0.6 is 0 Å². The van der Waals surface area contributed by atoms with Crippen molar-refractivity contribution in [1.82, 2.24) is 5.32 Å². The number of amides is 1. The standard InChI is InChI=1S/C18H17NO3/c1-19-17(21)10-14-9-12-5-4-6-13(11-20)18(12)22-16-8-3-2-7-15(14)16/h2-8,11,14H,9-10H2,1H3,(H,19,21). The SMILES string of the molecule is CNC(=O)CC1Cc2cccc(C=O)c2Oc2ccccc21. The fourth-order valence-electron chi connectivity index (χ4n) is 2.89. The summed E-state index contributed by atoms with van der Waals surface area (Å²) in [6, 6.07) is 13.2. The van der Waals surface area contributed by atoms with Crippen LogP contribution in [0.2, 0.25) is 0 Å². The maximum atomic E-state index is 11.8. The molecule has 1 amide bonds. The molecule has 0 aliphatic carbocycles. The first-order valence-electron chi connectivity index (χ1n) is 7.27. The molecule has 0 aromatic heterocycles. The molecule has 3 rings (SSSR count). The number of hydrogen-bond acceptors (Lipinski definition) is 3. The Hall–Kier alpha value is -2.62. The van der Waals surface area contributed by atoms with E-state index in [0.29, 0.717) is 29.9 Å². The molecule has 112 valence electrons. The summed E-state index contributed by atoms with van der Waals surface area (Å²) in [5, 5.41) is 2.67. The lowest BCUT2D eigenvalue weighted by molar-refractivity contribution is -0.121. The van der Waals surface area contributed by atoms with Crippen LogP contribution < -0.4 is 10.1 Å². The first-order chi connectivity index (χ1) is 10.7. The number of carbonyl (C=O) groups excluding carboxylic acids is 2. The van der Waals surface area contributed by atoms with E-state index in [9.17, 15) is 9.59 Å². The minimum absolute atomic E-state index is 0.00482. The van der Waals surface area contributed by atoms with Gasteiger partial charge in [0.05, 0.1) is 5.56 Å². The molecule has 0 saturated carbocycles. The van der Waals surface area contributed by atoms with Crippen LogP contribution in [0, 0.1) is 0 Å². The Morgan fingerprint density at radius 3 is 2.86 bits per heavy atom. The molecule has 1 heterocycles. The average molecular weight is 295 g/mol. The van der Waals surface area contributed by atoms with E-state index in [1.165, 1.54) is 0 Å². The van der Waals surface area contributed by atoms with Gasteiger partial charge in [-0.1, -0.05) is 30.3 Å². The molecule has 1 aliphatic rings. The average Bonchev–Trinajstić information content (AvgIpc) is 2.71. The van der Waals surface area contributed by atoms with Crippen LogP contribution in [0.1, 0.15) is 33.8 Å². The monoisotopic (exact) mass is 295 g/mol. The molecule has 2 aromatic rings. The van der Waals surface area contributed by atoms with E-state index >= 15 is 0 Å². The molecule has 4 heteroatoms. The molecule has 1 N–H and O–H groups in total. The summed E-state index contributed by atoms with van der Waals surface area (Å²) in [6.07, 6.45) is 1.86. The Labute approximate surface area is 129 Å². The summed E-state index contributed by atoms with van der Waals surface area (Å²) in [5.41, 5.74) is 2.49. The number of aldehydes is 1. The Morgan fingerprint density at radius 1 is 1.27 bits per heavy atom. The normalized spacial score (nSPS) is 15.8. The van der Waals surface area contributed by atoms with Crippen molar-refractivity contribution in [3.05, 3.63) is 59.2 Å². The van der Waals surface area contributed by atoms with Crippen molar-refractivity contribution >= 4 is 12.2 Å². The number of rotatable bonds is 3. The van der Waals surface area contributed by atoms with E-state index in [1.807, 2.05) is 36.4 Å². The second kappa shape index (κ2) is 6.02. The number of hydrogen-bond donors (Lipinski definition) is 1.